The normalized spacial score (nSPS) is 51.5. The predicted molar refractivity (Wildman–Crippen MR) is 81.8 cm³/mol. The lowest BCUT2D eigenvalue weighted by molar-refractivity contribution is -0.127. The minimum Gasteiger partial charge on any atom is -0.378 e. The number of alkyl halides is 1. The monoisotopic (exact) mass is 347 g/mol. The van der Waals surface area contributed by atoms with Gasteiger partial charge in [-0.2, -0.15) is 11.8 Å². The number of rotatable bonds is 0. The summed E-state index contributed by atoms with van der Waals surface area (Å²) in [4.78, 5) is 5.88. The lowest BCUT2D eigenvalue weighted by atomic mass is 10.0. The molecule has 4 saturated heterocycles. The molecule has 5 unspecified atom stereocenters. The fraction of sp³-hybridized carbons (Fsp3) is 1.00. The summed E-state index contributed by atoms with van der Waals surface area (Å²) in [5.41, 5.74) is 0. The van der Waals surface area contributed by atoms with Crippen LogP contribution in [0.25, 0.3) is 0 Å². The van der Waals surface area contributed by atoms with Crippen molar-refractivity contribution in [2.24, 2.45) is 0 Å². The number of hydrogen-bond donors (Lipinski definition) is 1. The molecule has 0 amide bonds. The summed E-state index contributed by atoms with van der Waals surface area (Å²) >= 11 is 6.05. The van der Waals surface area contributed by atoms with E-state index >= 15 is 0 Å². The van der Waals surface area contributed by atoms with Gasteiger partial charge in [0, 0.05) is 47.0 Å². The summed E-state index contributed by atoms with van der Waals surface area (Å²) in [5, 5.41) is 5.38. The molecule has 4 aliphatic rings. The first-order valence-corrected chi connectivity index (χ1v) is 9.23. The van der Waals surface area contributed by atoms with E-state index in [0.29, 0.717) is 28.5 Å². The summed E-state index contributed by atoms with van der Waals surface area (Å²) in [6, 6.07) is 1.24. The van der Waals surface area contributed by atoms with Crippen LogP contribution in [0.5, 0.6) is 0 Å². The maximum atomic E-state index is 5.64. The Kier molecular flexibility index (Phi) is 3.61. The van der Waals surface area contributed by atoms with E-state index in [-0.39, 0.29) is 0 Å². The molecular weight excluding hydrogens is 326 g/mol. The van der Waals surface area contributed by atoms with Crippen LogP contribution in [0.4, 0.5) is 0 Å². The highest BCUT2D eigenvalue weighted by Crippen LogP contribution is 2.42. The Morgan fingerprint density at radius 2 is 2.26 bits per heavy atom. The van der Waals surface area contributed by atoms with Crippen molar-refractivity contribution in [3.8, 4) is 0 Å². The molecule has 0 aliphatic carbocycles. The molecule has 4 heterocycles. The number of thioether (sulfide) groups is 1. The standard InChI is InChI=1S/C13H22BrN3OS/c1-8-11(14)12-10(19-8)6-16-3-2-9-7-18-5-4-17(9)13(16)15-12/h8-13,15H,2-7H2,1H3/t8?,9-,10?,11?,12?,13?/m0/s1. The summed E-state index contributed by atoms with van der Waals surface area (Å²) < 4.78 is 5.64. The number of morpholine rings is 1. The Morgan fingerprint density at radius 3 is 3.16 bits per heavy atom. The van der Waals surface area contributed by atoms with Gasteiger partial charge in [0.1, 0.15) is 6.29 Å². The van der Waals surface area contributed by atoms with E-state index in [1.165, 1.54) is 19.5 Å². The van der Waals surface area contributed by atoms with Gasteiger partial charge in [-0.15, -0.1) is 0 Å². The summed E-state index contributed by atoms with van der Waals surface area (Å²) in [7, 11) is 0. The maximum absolute atomic E-state index is 5.64. The van der Waals surface area contributed by atoms with E-state index in [4.69, 9.17) is 4.74 Å². The molecule has 0 saturated carbocycles. The third kappa shape index (κ3) is 2.19. The van der Waals surface area contributed by atoms with Gasteiger partial charge in [-0.05, 0) is 6.42 Å². The van der Waals surface area contributed by atoms with Crippen LogP contribution in [0.1, 0.15) is 13.3 Å². The molecule has 0 aromatic heterocycles. The molecule has 0 radical (unpaired) electrons. The Morgan fingerprint density at radius 1 is 1.37 bits per heavy atom. The molecule has 6 heteroatoms. The second-order valence-electron chi connectivity index (χ2n) is 6.14. The number of nitrogens with zero attached hydrogens (tertiary/aromatic N) is 2. The second kappa shape index (κ2) is 5.14. The number of halogens is 1. The lowest BCUT2D eigenvalue weighted by Gasteiger charge is -2.54. The quantitative estimate of drug-likeness (QED) is 0.657. The third-order valence-electron chi connectivity index (χ3n) is 5.02. The molecule has 0 aromatic rings. The Bertz CT molecular complexity index is 361. The highest BCUT2D eigenvalue weighted by molar-refractivity contribution is 9.09. The minimum atomic E-state index is 0.440. The van der Waals surface area contributed by atoms with Crippen LogP contribution in [0.15, 0.2) is 0 Å². The molecule has 0 bridgehead atoms. The van der Waals surface area contributed by atoms with E-state index < -0.39 is 0 Å². The largest absolute Gasteiger partial charge is 0.378 e. The molecule has 0 aromatic carbocycles. The minimum absolute atomic E-state index is 0.440. The molecule has 4 aliphatic heterocycles. The summed E-state index contributed by atoms with van der Waals surface area (Å²) in [6.07, 6.45) is 1.70. The number of hydrogen-bond acceptors (Lipinski definition) is 5. The van der Waals surface area contributed by atoms with Crippen molar-refractivity contribution in [1.82, 2.24) is 15.1 Å². The zero-order valence-corrected chi connectivity index (χ0v) is 13.7. The smallest absolute Gasteiger partial charge is 0.117 e. The fourth-order valence-corrected chi connectivity index (χ4v) is 6.63. The van der Waals surface area contributed by atoms with Gasteiger partial charge >= 0.3 is 0 Å². The van der Waals surface area contributed by atoms with Crippen molar-refractivity contribution >= 4 is 27.7 Å². The Hall–Kier alpha value is 0.670. The average Bonchev–Trinajstić information content (AvgIpc) is 2.72. The van der Waals surface area contributed by atoms with E-state index in [0.717, 1.165) is 25.0 Å². The molecule has 4 fully saturated rings. The van der Waals surface area contributed by atoms with Crippen molar-refractivity contribution in [3.63, 3.8) is 0 Å². The van der Waals surface area contributed by atoms with Crippen LogP contribution < -0.4 is 5.32 Å². The van der Waals surface area contributed by atoms with Crippen LogP contribution in [0.2, 0.25) is 0 Å². The fourth-order valence-electron chi connectivity index (χ4n) is 3.97. The first-order valence-electron chi connectivity index (χ1n) is 7.37. The molecule has 19 heavy (non-hydrogen) atoms. The molecule has 6 atom stereocenters. The molecule has 1 N–H and O–H groups in total. The second-order valence-corrected chi connectivity index (χ2v) is 8.82. The van der Waals surface area contributed by atoms with Crippen LogP contribution in [-0.4, -0.2) is 76.3 Å². The van der Waals surface area contributed by atoms with Crippen molar-refractivity contribution in [3.05, 3.63) is 0 Å². The van der Waals surface area contributed by atoms with Gasteiger partial charge in [0.25, 0.3) is 0 Å². The van der Waals surface area contributed by atoms with Gasteiger partial charge in [0.15, 0.2) is 0 Å². The van der Waals surface area contributed by atoms with Gasteiger partial charge in [-0.25, -0.2) is 0 Å². The number of fused-ring (bicyclic) bond motifs is 4. The first kappa shape index (κ1) is 13.3. The Labute approximate surface area is 127 Å². The predicted octanol–water partition coefficient (Wildman–Crippen LogP) is 0.916. The molecule has 4 rings (SSSR count). The molecule has 4 nitrogen and oxygen atoms in total. The van der Waals surface area contributed by atoms with Gasteiger partial charge in [0.2, 0.25) is 0 Å². The molecular formula is C13H22BrN3OS. The molecule has 0 spiro atoms. The lowest BCUT2D eigenvalue weighted by Crippen LogP contribution is -2.73. The van der Waals surface area contributed by atoms with Crippen molar-refractivity contribution in [1.29, 1.82) is 0 Å². The van der Waals surface area contributed by atoms with Crippen LogP contribution in [-0.2, 0) is 4.74 Å². The molecule has 108 valence electrons. The topological polar surface area (TPSA) is 27.7 Å². The first-order chi connectivity index (χ1) is 9.24. The van der Waals surface area contributed by atoms with E-state index in [9.17, 15) is 0 Å². The van der Waals surface area contributed by atoms with E-state index in [1.807, 2.05) is 0 Å². The third-order valence-corrected chi connectivity index (χ3v) is 8.25. The van der Waals surface area contributed by atoms with Crippen LogP contribution >= 0.6 is 27.7 Å². The zero-order valence-electron chi connectivity index (χ0n) is 11.3. The summed E-state index contributed by atoms with van der Waals surface area (Å²) in [6.45, 7) is 7.69. The van der Waals surface area contributed by atoms with Gasteiger partial charge in [0.05, 0.1) is 13.2 Å². The van der Waals surface area contributed by atoms with Crippen molar-refractivity contribution < 1.29 is 4.74 Å². The average molecular weight is 348 g/mol. The van der Waals surface area contributed by atoms with E-state index in [2.05, 4.69) is 49.7 Å². The van der Waals surface area contributed by atoms with Crippen molar-refractivity contribution in [2.75, 3.05) is 32.8 Å². The van der Waals surface area contributed by atoms with Crippen molar-refractivity contribution in [2.45, 2.75) is 47.0 Å². The highest BCUT2D eigenvalue weighted by atomic mass is 79.9. The highest BCUT2D eigenvalue weighted by Gasteiger charge is 2.49. The summed E-state index contributed by atoms with van der Waals surface area (Å²) in [5.74, 6) is 0. The van der Waals surface area contributed by atoms with Crippen LogP contribution in [0.3, 0.4) is 0 Å². The van der Waals surface area contributed by atoms with E-state index in [1.54, 1.807) is 0 Å². The van der Waals surface area contributed by atoms with Gasteiger partial charge < -0.3 is 4.74 Å². The zero-order chi connectivity index (χ0) is 13.0. The number of nitrogens with one attached hydrogen (secondary N) is 1. The maximum Gasteiger partial charge on any atom is 0.117 e. The van der Waals surface area contributed by atoms with Gasteiger partial charge in [-0.3, -0.25) is 15.1 Å². The Balaban J connectivity index is 1.54. The SMILES string of the molecule is CC1SC2CN3CC[C@H]4COCCN4C3NC2C1Br. The number of ether oxygens (including phenoxy) is 1. The van der Waals surface area contributed by atoms with Crippen LogP contribution in [0, 0.1) is 0 Å². The van der Waals surface area contributed by atoms with Gasteiger partial charge in [-0.1, -0.05) is 22.9 Å².